The third-order valence-electron chi connectivity index (χ3n) is 2.72. The van der Waals surface area contributed by atoms with E-state index in [1.807, 2.05) is 12.3 Å². The summed E-state index contributed by atoms with van der Waals surface area (Å²) in [6, 6.07) is 6.29. The number of nitrogen functional groups attached to an aromatic ring is 1. The van der Waals surface area contributed by atoms with Crippen LogP contribution in [0.3, 0.4) is 0 Å². The van der Waals surface area contributed by atoms with Crippen LogP contribution in [0.4, 0.5) is 5.13 Å². The van der Waals surface area contributed by atoms with Crippen molar-refractivity contribution in [1.82, 2.24) is 4.98 Å². The molecule has 0 radical (unpaired) electrons. The van der Waals surface area contributed by atoms with Crippen molar-refractivity contribution >= 4 is 16.5 Å². The maximum atomic E-state index is 5.64. The van der Waals surface area contributed by atoms with Gasteiger partial charge in [0, 0.05) is 6.20 Å². The number of fused-ring (bicyclic) bond motifs is 1. The molecule has 2 heterocycles. The lowest BCUT2D eigenvalue weighted by molar-refractivity contribution is 0.288. The van der Waals surface area contributed by atoms with E-state index in [-0.39, 0.29) is 0 Å². The topological polar surface area (TPSA) is 48.1 Å². The van der Waals surface area contributed by atoms with Crippen LogP contribution in [0.2, 0.25) is 0 Å². The van der Waals surface area contributed by atoms with Gasteiger partial charge < -0.3 is 10.5 Å². The number of benzene rings is 1. The van der Waals surface area contributed by atoms with Crippen LogP contribution in [0.1, 0.15) is 12.0 Å². The summed E-state index contributed by atoms with van der Waals surface area (Å²) in [6.07, 6.45) is 4.02. The van der Waals surface area contributed by atoms with E-state index >= 15 is 0 Å². The van der Waals surface area contributed by atoms with Crippen molar-refractivity contribution in [3.8, 4) is 16.2 Å². The number of aromatic nitrogens is 1. The monoisotopic (exact) mass is 232 g/mol. The minimum absolute atomic E-state index is 0.615. The Labute approximate surface area is 97.9 Å². The third-order valence-corrected chi connectivity index (χ3v) is 3.59. The summed E-state index contributed by atoms with van der Waals surface area (Å²) < 4.78 is 5.58. The number of thiazole rings is 1. The highest BCUT2D eigenvalue weighted by Crippen LogP contribution is 2.33. The number of aryl methyl sites for hydroxylation is 1. The zero-order chi connectivity index (χ0) is 11.0. The van der Waals surface area contributed by atoms with Gasteiger partial charge in [0.1, 0.15) is 5.75 Å². The number of nitrogens with zero attached hydrogens (tertiary/aromatic N) is 1. The van der Waals surface area contributed by atoms with Crippen molar-refractivity contribution in [1.29, 1.82) is 0 Å². The molecule has 0 spiro atoms. The fourth-order valence-electron chi connectivity index (χ4n) is 1.93. The number of ether oxygens (including phenoxy) is 1. The zero-order valence-corrected chi connectivity index (χ0v) is 9.59. The van der Waals surface area contributed by atoms with E-state index in [4.69, 9.17) is 10.5 Å². The summed E-state index contributed by atoms with van der Waals surface area (Å²) in [5.41, 5.74) is 8.10. The molecule has 16 heavy (non-hydrogen) atoms. The Morgan fingerprint density at radius 2 is 2.31 bits per heavy atom. The molecule has 0 fully saturated rings. The predicted molar refractivity (Wildman–Crippen MR) is 65.8 cm³/mol. The largest absolute Gasteiger partial charge is 0.493 e. The number of nitrogens with two attached hydrogens (primary N) is 1. The van der Waals surface area contributed by atoms with Gasteiger partial charge in [-0.25, -0.2) is 4.98 Å². The van der Waals surface area contributed by atoms with Gasteiger partial charge >= 0.3 is 0 Å². The summed E-state index contributed by atoms with van der Waals surface area (Å²) in [4.78, 5) is 5.19. The van der Waals surface area contributed by atoms with Crippen molar-refractivity contribution in [2.75, 3.05) is 12.3 Å². The van der Waals surface area contributed by atoms with E-state index < -0.39 is 0 Å². The van der Waals surface area contributed by atoms with Crippen LogP contribution in [0.25, 0.3) is 10.4 Å². The van der Waals surface area contributed by atoms with Crippen LogP contribution in [-0.4, -0.2) is 11.6 Å². The van der Waals surface area contributed by atoms with E-state index in [2.05, 4.69) is 17.1 Å². The SMILES string of the molecule is Nc1ncc(-c2ccc3c(c2)CCCO3)s1. The second-order valence-electron chi connectivity index (χ2n) is 3.84. The summed E-state index contributed by atoms with van der Waals surface area (Å²) >= 11 is 1.52. The number of hydrogen-bond donors (Lipinski definition) is 1. The number of hydrogen-bond acceptors (Lipinski definition) is 4. The molecule has 3 rings (SSSR count). The predicted octanol–water partition coefficient (Wildman–Crippen LogP) is 2.72. The molecule has 0 saturated heterocycles. The Morgan fingerprint density at radius 3 is 3.12 bits per heavy atom. The lowest BCUT2D eigenvalue weighted by Gasteiger charge is -2.17. The van der Waals surface area contributed by atoms with Gasteiger partial charge in [-0.1, -0.05) is 11.3 Å². The molecule has 3 nitrogen and oxygen atoms in total. The van der Waals surface area contributed by atoms with Crippen LogP contribution in [0.5, 0.6) is 5.75 Å². The molecule has 2 N–H and O–H groups in total. The van der Waals surface area contributed by atoms with Crippen LogP contribution in [0, 0.1) is 0 Å². The molecule has 0 bridgehead atoms. The average molecular weight is 232 g/mol. The smallest absolute Gasteiger partial charge is 0.180 e. The first-order valence-electron chi connectivity index (χ1n) is 5.30. The van der Waals surface area contributed by atoms with E-state index in [0.717, 1.165) is 30.1 Å². The average Bonchev–Trinajstić information content (AvgIpc) is 2.75. The molecule has 1 aromatic heterocycles. The summed E-state index contributed by atoms with van der Waals surface area (Å²) in [7, 11) is 0. The Balaban J connectivity index is 2.02. The van der Waals surface area contributed by atoms with Crippen LogP contribution < -0.4 is 10.5 Å². The third kappa shape index (κ3) is 1.65. The maximum Gasteiger partial charge on any atom is 0.180 e. The van der Waals surface area contributed by atoms with Gasteiger partial charge in [-0.15, -0.1) is 0 Å². The van der Waals surface area contributed by atoms with Gasteiger partial charge in [0.25, 0.3) is 0 Å². The van der Waals surface area contributed by atoms with Gasteiger partial charge in [-0.3, -0.25) is 0 Å². The van der Waals surface area contributed by atoms with E-state index in [1.54, 1.807) is 0 Å². The first-order valence-corrected chi connectivity index (χ1v) is 6.12. The summed E-state index contributed by atoms with van der Waals surface area (Å²) in [5.74, 6) is 1.02. The van der Waals surface area contributed by atoms with Crippen LogP contribution in [-0.2, 0) is 6.42 Å². The molecule has 82 valence electrons. The molecule has 1 aromatic carbocycles. The van der Waals surface area contributed by atoms with Gasteiger partial charge in [0.15, 0.2) is 5.13 Å². The minimum Gasteiger partial charge on any atom is -0.493 e. The zero-order valence-electron chi connectivity index (χ0n) is 8.77. The Kier molecular flexibility index (Phi) is 2.29. The van der Waals surface area contributed by atoms with Gasteiger partial charge in [-0.2, -0.15) is 0 Å². The molecular weight excluding hydrogens is 220 g/mol. The standard InChI is InChI=1S/C12H12N2OS/c13-12-14-7-11(16-12)9-3-4-10-8(6-9)2-1-5-15-10/h3-4,6-7H,1-2,5H2,(H2,13,14). The molecule has 0 unspecified atom stereocenters. The summed E-state index contributed by atoms with van der Waals surface area (Å²) in [6.45, 7) is 0.833. The molecule has 0 amide bonds. The van der Waals surface area contributed by atoms with E-state index in [9.17, 15) is 0 Å². The molecule has 4 heteroatoms. The molecule has 1 aliphatic heterocycles. The van der Waals surface area contributed by atoms with Crippen molar-refractivity contribution in [3.05, 3.63) is 30.0 Å². The number of rotatable bonds is 1. The Bertz CT molecular complexity index is 521. The molecule has 0 saturated carbocycles. The van der Waals surface area contributed by atoms with E-state index in [0.29, 0.717) is 5.13 Å². The lowest BCUT2D eigenvalue weighted by Crippen LogP contribution is -2.07. The first-order chi connectivity index (χ1) is 7.83. The quantitative estimate of drug-likeness (QED) is 0.822. The minimum atomic E-state index is 0.615. The van der Waals surface area contributed by atoms with Crippen LogP contribution >= 0.6 is 11.3 Å². The van der Waals surface area contributed by atoms with Gasteiger partial charge in [0.05, 0.1) is 11.5 Å². The fourth-order valence-corrected chi connectivity index (χ4v) is 2.62. The first kappa shape index (κ1) is 9.66. The Morgan fingerprint density at radius 1 is 1.38 bits per heavy atom. The molecule has 0 atom stereocenters. The molecule has 0 aliphatic carbocycles. The second-order valence-corrected chi connectivity index (χ2v) is 4.90. The number of anilines is 1. The van der Waals surface area contributed by atoms with Gasteiger partial charge in [0.2, 0.25) is 0 Å². The van der Waals surface area contributed by atoms with Crippen molar-refractivity contribution < 1.29 is 4.74 Å². The highest BCUT2D eigenvalue weighted by molar-refractivity contribution is 7.18. The van der Waals surface area contributed by atoms with Gasteiger partial charge in [-0.05, 0) is 42.2 Å². The van der Waals surface area contributed by atoms with Crippen LogP contribution in [0.15, 0.2) is 24.4 Å². The lowest BCUT2D eigenvalue weighted by atomic mass is 10.0. The summed E-state index contributed by atoms with van der Waals surface area (Å²) in [5, 5.41) is 0.615. The van der Waals surface area contributed by atoms with Crippen molar-refractivity contribution in [2.45, 2.75) is 12.8 Å². The van der Waals surface area contributed by atoms with E-state index in [1.165, 1.54) is 22.5 Å². The van der Waals surface area contributed by atoms with Crippen molar-refractivity contribution in [3.63, 3.8) is 0 Å². The second kappa shape index (κ2) is 3.79. The maximum absolute atomic E-state index is 5.64. The highest BCUT2D eigenvalue weighted by atomic mass is 32.1. The fraction of sp³-hybridized carbons (Fsp3) is 0.250. The highest BCUT2D eigenvalue weighted by Gasteiger charge is 2.12. The Hall–Kier alpha value is -1.55. The van der Waals surface area contributed by atoms with Crippen molar-refractivity contribution in [2.24, 2.45) is 0 Å². The molecule has 2 aromatic rings. The normalized spacial score (nSPS) is 14.2. The molecule has 1 aliphatic rings. The molecular formula is C12H12N2OS.